The smallest absolute Gasteiger partial charge is 0.143 e. The number of anilines is 2. The van der Waals surface area contributed by atoms with Crippen LogP contribution in [0.25, 0.3) is 0 Å². The molecule has 1 atom stereocenters. The molecule has 3 N–H and O–H groups in total. The van der Waals surface area contributed by atoms with Crippen LogP contribution in [0.4, 0.5) is 15.8 Å². The average Bonchev–Trinajstić information content (AvgIpc) is 2.78. The highest BCUT2D eigenvalue weighted by Gasteiger charge is 2.09. The molecule has 1 heterocycles. The zero-order valence-electron chi connectivity index (χ0n) is 9.90. The summed E-state index contributed by atoms with van der Waals surface area (Å²) in [5, 5.41) is 3.25. The Balaban J connectivity index is 2.07. The topological polar surface area (TPSA) is 55.9 Å². The lowest BCUT2D eigenvalue weighted by Gasteiger charge is -2.17. The number of hydrogen-bond donors (Lipinski definition) is 2. The predicted octanol–water partition coefficient (Wildman–Crippen LogP) is 2.76. The monoisotopic (exact) mass is 268 g/mol. The lowest BCUT2D eigenvalue weighted by atomic mass is 10.2. The van der Waals surface area contributed by atoms with Gasteiger partial charge in [0.25, 0.3) is 0 Å². The fourth-order valence-corrected chi connectivity index (χ4v) is 1.87. The van der Waals surface area contributed by atoms with E-state index < -0.39 is 5.82 Å². The first kappa shape index (κ1) is 12.7. The van der Waals surface area contributed by atoms with E-state index in [0.29, 0.717) is 11.4 Å². The summed E-state index contributed by atoms with van der Waals surface area (Å²) in [4.78, 5) is 3.97. The van der Waals surface area contributed by atoms with Crippen molar-refractivity contribution < 1.29 is 4.39 Å². The van der Waals surface area contributed by atoms with E-state index in [-0.39, 0.29) is 11.1 Å². The van der Waals surface area contributed by atoms with Crippen LogP contribution < -0.4 is 11.1 Å². The van der Waals surface area contributed by atoms with Crippen molar-refractivity contribution in [3.8, 4) is 0 Å². The molecule has 0 saturated carbocycles. The summed E-state index contributed by atoms with van der Waals surface area (Å²) in [6.45, 7) is 2.73. The second-order valence-electron chi connectivity index (χ2n) is 4.16. The highest BCUT2D eigenvalue weighted by atomic mass is 35.5. The molecule has 0 bridgehead atoms. The molecule has 0 aliphatic heterocycles. The van der Waals surface area contributed by atoms with Crippen LogP contribution in [0.15, 0.2) is 30.9 Å². The van der Waals surface area contributed by atoms with Crippen molar-refractivity contribution in [2.75, 3.05) is 11.1 Å². The zero-order chi connectivity index (χ0) is 13.1. The summed E-state index contributed by atoms with van der Waals surface area (Å²) in [5.41, 5.74) is 6.71. The Labute approximate surface area is 110 Å². The van der Waals surface area contributed by atoms with Crippen LogP contribution in [0.3, 0.4) is 0 Å². The van der Waals surface area contributed by atoms with Crippen LogP contribution in [0.2, 0.25) is 5.02 Å². The Kier molecular flexibility index (Phi) is 3.72. The third-order valence-electron chi connectivity index (χ3n) is 2.54. The molecule has 0 radical (unpaired) electrons. The number of nitrogens with one attached hydrogen (secondary N) is 1. The molecule has 0 saturated heterocycles. The minimum absolute atomic E-state index is 0.0570. The molecule has 1 unspecified atom stereocenters. The highest BCUT2D eigenvalue weighted by Crippen LogP contribution is 2.26. The molecule has 0 aliphatic carbocycles. The first-order chi connectivity index (χ1) is 8.56. The molecule has 0 spiro atoms. The van der Waals surface area contributed by atoms with E-state index in [0.717, 1.165) is 6.54 Å². The molecule has 0 amide bonds. The molecular formula is C12H14ClFN4. The van der Waals surface area contributed by atoms with E-state index in [4.69, 9.17) is 17.3 Å². The zero-order valence-corrected chi connectivity index (χ0v) is 10.7. The van der Waals surface area contributed by atoms with Crippen molar-refractivity contribution in [3.63, 3.8) is 0 Å². The predicted molar refractivity (Wildman–Crippen MR) is 71.1 cm³/mol. The van der Waals surface area contributed by atoms with Crippen molar-refractivity contribution in [1.82, 2.24) is 9.55 Å². The van der Waals surface area contributed by atoms with Crippen LogP contribution in [0.1, 0.15) is 6.92 Å². The molecule has 2 rings (SSSR count). The molecule has 96 valence electrons. The number of nitrogens with zero attached hydrogens (tertiary/aromatic N) is 2. The molecule has 0 aliphatic rings. The second kappa shape index (κ2) is 5.27. The first-order valence-electron chi connectivity index (χ1n) is 5.53. The number of rotatable bonds is 4. The van der Waals surface area contributed by atoms with Crippen molar-refractivity contribution >= 4 is 23.0 Å². The molecule has 6 heteroatoms. The largest absolute Gasteiger partial charge is 0.397 e. The standard InChI is InChI=1S/C12H14ClFN4/c1-8(6-18-3-2-16-7-18)17-12-4-9(13)10(14)5-11(12)15/h2-5,7-8,17H,6,15H2,1H3. The van der Waals surface area contributed by atoms with Gasteiger partial charge in [-0.1, -0.05) is 11.6 Å². The van der Waals surface area contributed by atoms with Crippen LogP contribution in [-0.2, 0) is 6.54 Å². The fourth-order valence-electron chi connectivity index (χ4n) is 1.71. The van der Waals surface area contributed by atoms with E-state index in [1.54, 1.807) is 12.5 Å². The second-order valence-corrected chi connectivity index (χ2v) is 4.57. The number of hydrogen-bond acceptors (Lipinski definition) is 3. The summed E-state index contributed by atoms with van der Waals surface area (Å²) in [7, 11) is 0. The molecule has 1 aromatic carbocycles. The molecule has 2 aromatic rings. The number of nitrogen functional groups attached to an aromatic ring is 1. The fraction of sp³-hybridized carbons (Fsp3) is 0.250. The Morgan fingerprint density at radius 3 is 3.00 bits per heavy atom. The summed E-state index contributed by atoms with van der Waals surface area (Å²) in [5.74, 6) is -0.512. The van der Waals surface area contributed by atoms with Crippen LogP contribution in [0, 0.1) is 5.82 Å². The maximum absolute atomic E-state index is 13.2. The van der Waals surface area contributed by atoms with Gasteiger partial charge >= 0.3 is 0 Å². The van der Waals surface area contributed by atoms with E-state index in [1.807, 2.05) is 17.7 Å². The molecule has 1 aromatic heterocycles. The van der Waals surface area contributed by atoms with E-state index in [9.17, 15) is 4.39 Å². The summed E-state index contributed by atoms with van der Waals surface area (Å²) in [6, 6.07) is 2.83. The third-order valence-corrected chi connectivity index (χ3v) is 2.83. The summed E-state index contributed by atoms with van der Waals surface area (Å²) >= 11 is 5.73. The first-order valence-corrected chi connectivity index (χ1v) is 5.91. The normalized spacial score (nSPS) is 12.4. The van der Waals surface area contributed by atoms with Crippen molar-refractivity contribution in [2.45, 2.75) is 19.5 Å². The lowest BCUT2D eigenvalue weighted by Crippen LogP contribution is -2.22. The van der Waals surface area contributed by atoms with Gasteiger partial charge in [-0.25, -0.2) is 9.37 Å². The van der Waals surface area contributed by atoms with Crippen molar-refractivity contribution in [1.29, 1.82) is 0 Å². The Hall–Kier alpha value is -1.75. The third kappa shape index (κ3) is 2.92. The van der Waals surface area contributed by atoms with Gasteiger partial charge in [0.05, 0.1) is 22.7 Å². The van der Waals surface area contributed by atoms with Gasteiger partial charge in [0.15, 0.2) is 0 Å². The van der Waals surface area contributed by atoms with Gasteiger partial charge in [-0.3, -0.25) is 0 Å². The van der Waals surface area contributed by atoms with Crippen LogP contribution in [-0.4, -0.2) is 15.6 Å². The van der Waals surface area contributed by atoms with Crippen LogP contribution in [0.5, 0.6) is 0 Å². The quantitative estimate of drug-likeness (QED) is 0.839. The number of imidazole rings is 1. The Morgan fingerprint density at radius 1 is 1.56 bits per heavy atom. The number of halogens is 2. The van der Waals surface area contributed by atoms with Gasteiger partial charge in [-0.15, -0.1) is 0 Å². The van der Waals surface area contributed by atoms with Crippen molar-refractivity contribution in [3.05, 3.63) is 41.7 Å². The SMILES string of the molecule is CC(Cn1ccnc1)Nc1cc(Cl)c(F)cc1N. The maximum Gasteiger partial charge on any atom is 0.143 e. The van der Waals surface area contributed by atoms with Gasteiger partial charge in [-0.05, 0) is 13.0 Å². The van der Waals surface area contributed by atoms with Crippen molar-refractivity contribution in [2.24, 2.45) is 0 Å². The summed E-state index contributed by atoms with van der Waals surface area (Å²) in [6.07, 6.45) is 5.33. The van der Waals surface area contributed by atoms with Gasteiger partial charge in [0.1, 0.15) is 5.82 Å². The van der Waals surface area contributed by atoms with Gasteiger partial charge in [0.2, 0.25) is 0 Å². The highest BCUT2D eigenvalue weighted by molar-refractivity contribution is 6.31. The Morgan fingerprint density at radius 2 is 2.33 bits per heavy atom. The Bertz CT molecular complexity index is 527. The van der Waals surface area contributed by atoms with Gasteiger partial charge < -0.3 is 15.6 Å². The van der Waals surface area contributed by atoms with E-state index in [1.165, 1.54) is 12.1 Å². The number of benzene rings is 1. The minimum Gasteiger partial charge on any atom is -0.397 e. The molecular weight excluding hydrogens is 255 g/mol. The maximum atomic E-state index is 13.2. The molecule has 0 fully saturated rings. The minimum atomic E-state index is -0.512. The molecule has 4 nitrogen and oxygen atoms in total. The number of nitrogens with two attached hydrogens (primary N) is 1. The van der Waals surface area contributed by atoms with Gasteiger partial charge in [-0.2, -0.15) is 0 Å². The van der Waals surface area contributed by atoms with E-state index in [2.05, 4.69) is 10.3 Å². The van der Waals surface area contributed by atoms with Gasteiger partial charge in [0, 0.05) is 31.0 Å². The van der Waals surface area contributed by atoms with E-state index >= 15 is 0 Å². The summed E-state index contributed by atoms with van der Waals surface area (Å²) < 4.78 is 15.1. The number of aromatic nitrogens is 2. The lowest BCUT2D eigenvalue weighted by molar-refractivity contribution is 0.617. The van der Waals surface area contributed by atoms with Crippen LogP contribution >= 0.6 is 11.6 Å². The average molecular weight is 269 g/mol. The molecule has 18 heavy (non-hydrogen) atoms.